The van der Waals surface area contributed by atoms with Gasteiger partial charge < -0.3 is 19.9 Å². The third-order valence-corrected chi connectivity index (χ3v) is 3.55. The molecule has 0 saturated carbocycles. The Kier molecular flexibility index (Phi) is 5.92. The van der Waals surface area contributed by atoms with Crippen molar-refractivity contribution in [1.29, 1.82) is 0 Å². The maximum Gasteiger partial charge on any atom is 0.331 e. The molecular weight excluding hydrogens is 310 g/mol. The monoisotopic (exact) mass is 329 g/mol. The topological polar surface area (TPSA) is 84.9 Å². The number of carbonyl (C=O) groups excluding carboxylic acids is 2. The average Bonchev–Trinajstić information content (AvgIpc) is 2.65. The fourth-order valence-corrected chi connectivity index (χ4v) is 2.20. The molecule has 0 spiro atoms. The Hall–Kier alpha value is -2.86. The Morgan fingerprint density at radius 3 is 2.17 bits per heavy atom. The number of hydrogen-bond donors (Lipinski definition) is 2. The lowest BCUT2D eigenvalue weighted by Crippen LogP contribution is -2.45. The van der Waals surface area contributed by atoms with Gasteiger partial charge in [-0.3, -0.25) is 4.79 Å². The second-order valence-electron chi connectivity index (χ2n) is 5.06. The van der Waals surface area contributed by atoms with Crippen LogP contribution < -0.4 is 10.1 Å². The van der Waals surface area contributed by atoms with E-state index in [1.54, 1.807) is 54.6 Å². The van der Waals surface area contributed by atoms with Gasteiger partial charge in [0.25, 0.3) is 5.91 Å². The number of benzene rings is 2. The number of methoxy groups -OCH3 is 2. The molecule has 0 saturated heterocycles. The molecule has 6 heteroatoms. The van der Waals surface area contributed by atoms with Crippen LogP contribution in [0, 0.1) is 0 Å². The predicted octanol–water partition coefficient (Wildman–Crippen LogP) is 1.70. The van der Waals surface area contributed by atoms with E-state index < -0.39 is 24.0 Å². The molecule has 2 N–H and O–H groups in total. The van der Waals surface area contributed by atoms with Crippen molar-refractivity contribution in [1.82, 2.24) is 5.32 Å². The maximum atomic E-state index is 12.3. The highest BCUT2D eigenvalue weighted by Gasteiger charge is 2.31. The van der Waals surface area contributed by atoms with Crippen LogP contribution in [0.15, 0.2) is 54.6 Å². The number of amides is 1. The van der Waals surface area contributed by atoms with E-state index in [2.05, 4.69) is 5.32 Å². The Morgan fingerprint density at radius 1 is 1.00 bits per heavy atom. The van der Waals surface area contributed by atoms with Crippen LogP contribution in [-0.4, -0.2) is 37.2 Å². The maximum absolute atomic E-state index is 12.3. The van der Waals surface area contributed by atoms with Crippen LogP contribution in [0.2, 0.25) is 0 Å². The zero-order chi connectivity index (χ0) is 17.5. The standard InChI is InChI=1S/C18H19NO5/c1-23-14-10-8-12(9-11-14)16(20)15(18(22)24-2)19-17(21)13-6-4-3-5-7-13/h3-11,15-16,20H,1-2H3,(H,19,21). The summed E-state index contributed by atoms with van der Waals surface area (Å²) in [5.74, 6) is -0.588. The minimum Gasteiger partial charge on any atom is -0.497 e. The fourth-order valence-electron chi connectivity index (χ4n) is 2.20. The van der Waals surface area contributed by atoms with Gasteiger partial charge in [-0.05, 0) is 29.8 Å². The molecular formula is C18H19NO5. The number of rotatable bonds is 6. The lowest BCUT2D eigenvalue weighted by molar-refractivity contribution is -0.146. The summed E-state index contributed by atoms with van der Waals surface area (Å²) in [6, 6.07) is 13.8. The Morgan fingerprint density at radius 2 is 1.62 bits per heavy atom. The highest BCUT2D eigenvalue weighted by molar-refractivity contribution is 5.96. The molecule has 0 radical (unpaired) electrons. The summed E-state index contributed by atoms with van der Waals surface area (Å²) in [5.41, 5.74) is 0.841. The molecule has 2 atom stereocenters. The van der Waals surface area contributed by atoms with Crippen molar-refractivity contribution in [3.63, 3.8) is 0 Å². The van der Waals surface area contributed by atoms with Crippen LogP contribution in [0.4, 0.5) is 0 Å². The zero-order valence-electron chi connectivity index (χ0n) is 13.4. The summed E-state index contributed by atoms with van der Waals surface area (Å²) in [5, 5.41) is 13.0. The Labute approximate surface area is 140 Å². The zero-order valence-corrected chi connectivity index (χ0v) is 13.4. The van der Waals surface area contributed by atoms with E-state index in [0.29, 0.717) is 16.9 Å². The number of esters is 1. The number of hydrogen-bond acceptors (Lipinski definition) is 5. The van der Waals surface area contributed by atoms with Gasteiger partial charge in [-0.15, -0.1) is 0 Å². The van der Waals surface area contributed by atoms with Crippen molar-refractivity contribution < 1.29 is 24.2 Å². The first kappa shape index (κ1) is 17.5. The van der Waals surface area contributed by atoms with Crippen molar-refractivity contribution in [3.05, 3.63) is 65.7 Å². The van der Waals surface area contributed by atoms with Crippen molar-refractivity contribution in [2.45, 2.75) is 12.1 Å². The number of aliphatic hydroxyl groups excluding tert-OH is 1. The summed E-state index contributed by atoms with van der Waals surface area (Å²) >= 11 is 0. The minimum absolute atomic E-state index is 0.383. The number of carbonyl (C=O) groups is 2. The second-order valence-corrected chi connectivity index (χ2v) is 5.06. The molecule has 126 valence electrons. The molecule has 2 unspecified atom stereocenters. The number of nitrogens with one attached hydrogen (secondary N) is 1. The first-order valence-corrected chi connectivity index (χ1v) is 7.32. The molecule has 0 aliphatic carbocycles. The molecule has 24 heavy (non-hydrogen) atoms. The third kappa shape index (κ3) is 4.11. The van der Waals surface area contributed by atoms with Crippen LogP contribution in [0.5, 0.6) is 5.75 Å². The number of ether oxygens (including phenoxy) is 2. The van der Waals surface area contributed by atoms with Gasteiger partial charge in [0.15, 0.2) is 6.04 Å². The summed E-state index contributed by atoms with van der Waals surface area (Å²) in [6.45, 7) is 0. The molecule has 1 amide bonds. The van der Waals surface area contributed by atoms with Crippen LogP contribution in [0.3, 0.4) is 0 Å². The van der Waals surface area contributed by atoms with E-state index in [9.17, 15) is 14.7 Å². The van der Waals surface area contributed by atoms with E-state index in [1.807, 2.05) is 0 Å². The molecule has 0 fully saturated rings. The largest absolute Gasteiger partial charge is 0.497 e. The first-order valence-electron chi connectivity index (χ1n) is 7.32. The lowest BCUT2D eigenvalue weighted by atomic mass is 10.0. The van der Waals surface area contributed by atoms with Gasteiger partial charge >= 0.3 is 5.97 Å². The smallest absolute Gasteiger partial charge is 0.331 e. The molecule has 0 aromatic heterocycles. The van der Waals surface area contributed by atoms with Gasteiger partial charge in [0.05, 0.1) is 14.2 Å². The summed E-state index contributed by atoms with van der Waals surface area (Å²) in [4.78, 5) is 24.3. The second kappa shape index (κ2) is 8.12. The fraction of sp³-hybridized carbons (Fsp3) is 0.222. The molecule has 0 aliphatic heterocycles. The molecule has 0 bridgehead atoms. The molecule has 6 nitrogen and oxygen atoms in total. The number of aliphatic hydroxyl groups is 1. The van der Waals surface area contributed by atoms with E-state index in [-0.39, 0.29) is 0 Å². The first-order chi connectivity index (χ1) is 11.6. The highest BCUT2D eigenvalue weighted by atomic mass is 16.5. The van der Waals surface area contributed by atoms with Gasteiger partial charge in [0, 0.05) is 5.56 Å². The van der Waals surface area contributed by atoms with E-state index in [4.69, 9.17) is 9.47 Å². The quantitative estimate of drug-likeness (QED) is 0.788. The van der Waals surface area contributed by atoms with Gasteiger partial charge in [-0.2, -0.15) is 0 Å². The Balaban J connectivity index is 2.20. The van der Waals surface area contributed by atoms with E-state index >= 15 is 0 Å². The molecule has 2 rings (SSSR count). The summed E-state index contributed by atoms with van der Waals surface area (Å²) in [6.07, 6.45) is -1.25. The van der Waals surface area contributed by atoms with Crippen LogP contribution >= 0.6 is 0 Å². The minimum atomic E-state index is -1.25. The third-order valence-electron chi connectivity index (χ3n) is 3.55. The van der Waals surface area contributed by atoms with Crippen LogP contribution in [0.1, 0.15) is 22.0 Å². The van der Waals surface area contributed by atoms with Crippen LogP contribution in [0.25, 0.3) is 0 Å². The molecule has 2 aromatic rings. The molecule has 0 heterocycles. The lowest BCUT2D eigenvalue weighted by Gasteiger charge is -2.22. The van der Waals surface area contributed by atoms with Gasteiger partial charge in [-0.1, -0.05) is 30.3 Å². The van der Waals surface area contributed by atoms with E-state index in [0.717, 1.165) is 0 Å². The van der Waals surface area contributed by atoms with Crippen molar-refractivity contribution in [2.24, 2.45) is 0 Å². The van der Waals surface area contributed by atoms with Gasteiger partial charge in [0.2, 0.25) is 0 Å². The van der Waals surface area contributed by atoms with Gasteiger partial charge in [-0.25, -0.2) is 4.79 Å². The van der Waals surface area contributed by atoms with Crippen molar-refractivity contribution >= 4 is 11.9 Å². The van der Waals surface area contributed by atoms with Crippen LogP contribution in [-0.2, 0) is 9.53 Å². The highest BCUT2D eigenvalue weighted by Crippen LogP contribution is 2.21. The van der Waals surface area contributed by atoms with Crippen molar-refractivity contribution in [3.8, 4) is 5.75 Å². The van der Waals surface area contributed by atoms with Gasteiger partial charge in [0.1, 0.15) is 11.9 Å². The normalized spacial score (nSPS) is 12.8. The average molecular weight is 329 g/mol. The van der Waals surface area contributed by atoms with E-state index in [1.165, 1.54) is 14.2 Å². The Bertz CT molecular complexity index is 684. The predicted molar refractivity (Wildman–Crippen MR) is 87.7 cm³/mol. The molecule has 2 aromatic carbocycles. The summed E-state index contributed by atoms with van der Waals surface area (Å²) < 4.78 is 9.76. The molecule has 0 aliphatic rings. The SMILES string of the molecule is COC(=O)C(NC(=O)c1ccccc1)C(O)c1ccc(OC)cc1. The summed E-state index contributed by atoms with van der Waals surface area (Å²) in [7, 11) is 2.73. The van der Waals surface area contributed by atoms with Crippen molar-refractivity contribution in [2.75, 3.05) is 14.2 Å².